The Balaban J connectivity index is 2.60. The normalized spacial score (nSPS) is 9.93. The fourth-order valence-corrected chi connectivity index (χ4v) is 1.69. The van der Waals surface area contributed by atoms with E-state index in [2.05, 4.69) is 5.16 Å². The molecule has 2 aromatic rings. The highest BCUT2D eigenvalue weighted by Crippen LogP contribution is 2.31. The lowest BCUT2D eigenvalue weighted by molar-refractivity contribution is 0.422. The van der Waals surface area contributed by atoms with Crippen molar-refractivity contribution in [3.63, 3.8) is 0 Å². The van der Waals surface area contributed by atoms with Gasteiger partial charge in [-0.2, -0.15) is 5.26 Å². The van der Waals surface area contributed by atoms with E-state index in [-0.39, 0.29) is 0 Å². The third-order valence-electron chi connectivity index (χ3n) is 1.88. The molecule has 1 aromatic carbocycles. The van der Waals surface area contributed by atoms with Gasteiger partial charge in [-0.1, -0.05) is 28.4 Å². The molecule has 0 amide bonds. The van der Waals surface area contributed by atoms with Crippen LogP contribution in [0.2, 0.25) is 10.0 Å². The van der Waals surface area contributed by atoms with Gasteiger partial charge in [-0.05, 0) is 18.2 Å². The SMILES string of the molecule is N#Cc1conc1-c1ccc(Cl)cc1Cl. The van der Waals surface area contributed by atoms with Crippen LogP contribution in [-0.4, -0.2) is 5.16 Å². The van der Waals surface area contributed by atoms with Crippen LogP contribution in [0.1, 0.15) is 5.56 Å². The molecule has 3 nitrogen and oxygen atoms in total. The predicted octanol–water partition coefficient (Wildman–Crippen LogP) is 3.52. The maximum Gasteiger partial charge on any atom is 0.142 e. The molecule has 0 saturated heterocycles. The topological polar surface area (TPSA) is 49.8 Å². The van der Waals surface area contributed by atoms with Crippen LogP contribution in [0.15, 0.2) is 29.0 Å². The second-order valence-corrected chi connectivity index (χ2v) is 3.66. The molecule has 15 heavy (non-hydrogen) atoms. The molecule has 0 unspecified atom stereocenters. The van der Waals surface area contributed by atoms with Gasteiger partial charge < -0.3 is 4.52 Å². The highest BCUT2D eigenvalue weighted by Gasteiger charge is 2.12. The summed E-state index contributed by atoms with van der Waals surface area (Å²) in [7, 11) is 0. The lowest BCUT2D eigenvalue weighted by Crippen LogP contribution is -1.82. The summed E-state index contributed by atoms with van der Waals surface area (Å²) in [4.78, 5) is 0. The first-order chi connectivity index (χ1) is 7.22. The summed E-state index contributed by atoms with van der Waals surface area (Å²) in [6.07, 6.45) is 1.28. The Morgan fingerprint density at radius 1 is 1.33 bits per heavy atom. The van der Waals surface area contributed by atoms with Crippen LogP contribution < -0.4 is 0 Å². The summed E-state index contributed by atoms with van der Waals surface area (Å²) in [5.41, 5.74) is 1.41. The van der Waals surface area contributed by atoms with E-state index in [4.69, 9.17) is 33.0 Å². The minimum absolute atomic E-state index is 0.347. The fourth-order valence-electron chi connectivity index (χ4n) is 1.19. The van der Waals surface area contributed by atoms with E-state index in [0.29, 0.717) is 26.9 Å². The molecule has 0 aliphatic carbocycles. The number of aromatic nitrogens is 1. The van der Waals surface area contributed by atoms with Gasteiger partial charge in [-0.3, -0.25) is 0 Å². The number of hydrogen-bond donors (Lipinski definition) is 0. The van der Waals surface area contributed by atoms with Gasteiger partial charge in [0.25, 0.3) is 0 Å². The zero-order valence-electron chi connectivity index (χ0n) is 7.37. The summed E-state index contributed by atoms with van der Waals surface area (Å²) in [5.74, 6) is 0. The van der Waals surface area contributed by atoms with E-state index in [1.54, 1.807) is 18.2 Å². The Morgan fingerprint density at radius 2 is 2.13 bits per heavy atom. The number of benzene rings is 1. The molecule has 0 N–H and O–H groups in total. The second kappa shape index (κ2) is 3.93. The molecular weight excluding hydrogens is 235 g/mol. The minimum Gasteiger partial charge on any atom is -0.363 e. The molecule has 1 heterocycles. The van der Waals surface area contributed by atoms with Gasteiger partial charge in [0, 0.05) is 10.6 Å². The largest absolute Gasteiger partial charge is 0.363 e. The van der Waals surface area contributed by atoms with E-state index in [0.717, 1.165) is 0 Å². The van der Waals surface area contributed by atoms with Gasteiger partial charge in [-0.15, -0.1) is 0 Å². The van der Waals surface area contributed by atoms with Gasteiger partial charge in [0.2, 0.25) is 0 Å². The Morgan fingerprint density at radius 3 is 2.80 bits per heavy atom. The van der Waals surface area contributed by atoms with Crippen molar-refractivity contribution < 1.29 is 4.52 Å². The zero-order chi connectivity index (χ0) is 10.8. The van der Waals surface area contributed by atoms with Gasteiger partial charge >= 0.3 is 0 Å². The van der Waals surface area contributed by atoms with Crippen molar-refractivity contribution in [2.24, 2.45) is 0 Å². The summed E-state index contributed by atoms with van der Waals surface area (Å²) in [5, 5.41) is 13.5. The van der Waals surface area contributed by atoms with Crippen LogP contribution in [-0.2, 0) is 0 Å². The quantitative estimate of drug-likeness (QED) is 0.764. The summed E-state index contributed by atoms with van der Waals surface area (Å²) < 4.78 is 4.71. The van der Waals surface area contributed by atoms with E-state index in [1.165, 1.54) is 6.26 Å². The monoisotopic (exact) mass is 238 g/mol. The molecule has 0 aliphatic rings. The van der Waals surface area contributed by atoms with Crippen LogP contribution >= 0.6 is 23.2 Å². The number of halogens is 2. The standard InChI is InChI=1S/C10H4Cl2N2O/c11-7-1-2-8(9(12)3-7)10-6(4-13)5-15-14-10/h1-3,5H. The molecule has 0 fully saturated rings. The van der Waals surface area contributed by atoms with E-state index < -0.39 is 0 Å². The molecule has 0 spiro atoms. The Hall–Kier alpha value is -1.50. The van der Waals surface area contributed by atoms with Gasteiger partial charge in [0.15, 0.2) is 0 Å². The molecular formula is C10H4Cl2N2O. The van der Waals surface area contributed by atoms with Crippen LogP contribution in [0.4, 0.5) is 0 Å². The van der Waals surface area contributed by atoms with Crippen molar-refractivity contribution in [1.82, 2.24) is 5.16 Å². The molecule has 0 aliphatic heterocycles. The highest BCUT2D eigenvalue weighted by atomic mass is 35.5. The molecule has 74 valence electrons. The molecule has 0 bridgehead atoms. The van der Waals surface area contributed by atoms with Crippen LogP contribution in [0.3, 0.4) is 0 Å². The number of rotatable bonds is 1. The lowest BCUT2D eigenvalue weighted by atomic mass is 10.1. The second-order valence-electron chi connectivity index (χ2n) is 2.81. The van der Waals surface area contributed by atoms with Crippen LogP contribution in [0.5, 0.6) is 0 Å². The third kappa shape index (κ3) is 1.82. The average molecular weight is 239 g/mol. The molecule has 0 radical (unpaired) electrons. The molecule has 1 aromatic heterocycles. The minimum atomic E-state index is 0.347. The number of nitrogens with zero attached hydrogens (tertiary/aromatic N) is 2. The van der Waals surface area contributed by atoms with Crippen molar-refractivity contribution in [2.75, 3.05) is 0 Å². The Bertz CT molecular complexity index is 543. The lowest BCUT2D eigenvalue weighted by Gasteiger charge is -2.00. The maximum absolute atomic E-state index is 8.79. The average Bonchev–Trinajstić information content (AvgIpc) is 2.65. The van der Waals surface area contributed by atoms with Crippen molar-refractivity contribution in [2.45, 2.75) is 0 Å². The van der Waals surface area contributed by atoms with Crippen LogP contribution in [0.25, 0.3) is 11.3 Å². The molecule has 2 rings (SSSR count). The van der Waals surface area contributed by atoms with E-state index in [9.17, 15) is 0 Å². The maximum atomic E-state index is 8.79. The molecule has 0 saturated carbocycles. The summed E-state index contributed by atoms with van der Waals surface area (Å²) in [6, 6.07) is 6.94. The van der Waals surface area contributed by atoms with Crippen LogP contribution in [0, 0.1) is 11.3 Å². The van der Waals surface area contributed by atoms with Gasteiger partial charge in [0.05, 0.1) is 5.02 Å². The van der Waals surface area contributed by atoms with E-state index >= 15 is 0 Å². The first kappa shape index (κ1) is 10.0. The first-order valence-electron chi connectivity index (χ1n) is 4.02. The van der Waals surface area contributed by atoms with Crippen molar-refractivity contribution >= 4 is 23.2 Å². The van der Waals surface area contributed by atoms with Crippen molar-refractivity contribution in [3.05, 3.63) is 40.1 Å². The Kier molecular flexibility index (Phi) is 2.63. The zero-order valence-corrected chi connectivity index (χ0v) is 8.88. The Labute approximate surface area is 95.8 Å². The first-order valence-corrected chi connectivity index (χ1v) is 4.78. The number of hydrogen-bond acceptors (Lipinski definition) is 3. The smallest absolute Gasteiger partial charge is 0.142 e. The molecule has 5 heteroatoms. The summed E-state index contributed by atoms with van der Waals surface area (Å²) in [6.45, 7) is 0. The van der Waals surface area contributed by atoms with E-state index in [1.807, 2.05) is 6.07 Å². The van der Waals surface area contributed by atoms with Crippen molar-refractivity contribution in [3.8, 4) is 17.3 Å². The number of nitriles is 1. The summed E-state index contributed by atoms with van der Waals surface area (Å²) >= 11 is 11.7. The highest BCUT2D eigenvalue weighted by molar-refractivity contribution is 6.36. The molecule has 0 atom stereocenters. The third-order valence-corrected chi connectivity index (χ3v) is 2.42. The van der Waals surface area contributed by atoms with Gasteiger partial charge in [0.1, 0.15) is 23.6 Å². The fraction of sp³-hybridized carbons (Fsp3) is 0. The predicted molar refractivity (Wildman–Crippen MR) is 56.7 cm³/mol. The van der Waals surface area contributed by atoms with Crippen molar-refractivity contribution in [1.29, 1.82) is 5.26 Å². The van der Waals surface area contributed by atoms with Gasteiger partial charge in [-0.25, -0.2) is 0 Å².